The van der Waals surface area contributed by atoms with Crippen molar-refractivity contribution in [3.63, 3.8) is 0 Å². The van der Waals surface area contributed by atoms with Crippen LogP contribution in [-0.4, -0.2) is 13.4 Å². The first-order chi connectivity index (χ1) is 12.5. The number of hydrogen-bond acceptors (Lipinski definition) is 5. The SMILES string of the molecule is O=S(=O)(Nc1cccc(Cl)c1)c1ccc(-c2cnc(C3CCCC3)o2)s1. The number of anilines is 1. The van der Waals surface area contributed by atoms with Gasteiger partial charge in [0.25, 0.3) is 10.0 Å². The molecule has 0 unspecified atom stereocenters. The molecule has 0 radical (unpaired) electrons. The lowest BCUT2D eigenvalue weighted by Crippen LogP contribution is -2.11. The zero-order valence-electron chi connectivity index (χ0n) is 13.8. The van der Waals surface area contributed by atoms with E-state index in [2.05, 4.69) is 9.71 Å². The highest BCUT2D eigenvalue weighted by Crippen LogP contribution is 2.37. The van der Waals surface area contributed by atoms with E-state index < -0.39 is 10.0 Å². The fourth-order valence-corrected chi connectivity index (χ4v) is 5.61. The lowest BCUT2D eigenvalue weighted by atomic mass is 10.1. The summed E-state index contributed by atoms with van der Waals surface area (Å²) in [4.78, 5) is 5.13. The lowest BCUT2D eigenvalue weighted by molar-refractivity contribution is 0.458. The van der Waals surface area contributed by atoms with Crippen molar-refractivity contribution in [2.24, 2.45) is 0 Å². The molecule has 0 aliphatic heterocycles. The van der Waals surface area contributed by atoms with Crippen LogP contribution < -0.4 is 4.72 Å². The fraction of sp³-hybridized carbons (Fsp3) is 0.278. The largest absolute Gasteiger partial charge is 0.440 e. The first-order valence-electron chi connectivity index (χ1n) is 8.35. The Morgan fingerprint density at radius 1 is 1.19 bits per heavy atom. The maximum absolute atomic E-state index is 12.6. The number of oxazole rings is 1. The molecule has 3 aromatic rings. The van der Waals surface area contributed by atoms with E-state index in [4.69, 9.17) is 16.0 Å². The fourth-order valence-electron chi connectivity index (χ4n) is 3.12. The number of hydrogen-bond donors (Lipinski definition) is 1. The Balaban J connectivity index is 1.55. The van der Waals surface area contributed by atoms with Crippen molar-refractivity contribution in [3.8, 4) is 10.6 Å². The van der Waals surface area contributed by atoms with Crippen molar-refractivity contribution in [2.45, 2.75) is 35.8 Å². The van der Waals surface area contributed by atoms with E-state index in [-0.39, 0.29) is 4.21 Å². The second-order valence-corrected chi connectivity index (χ2v) is 9.71. The molecule has 2 heterocycles. The number of thiophene rings is 1. The van der Waals surface area contributed by atoms with Gasteiger partial charge in [-0.25, -0.2) is 13.4 Å². The van der Waals surface area contributed by atoms with Crippen LogP contribution >= 0.6 is 22.9 Å². The van der Waals surface area contributed by atoms with E-state index in [1.807, 2.05) is 0 Å². The van der Waals surface area contributed by atoms with Crippen molar-refractivity contribution < 1.29 is 12.8 Å². The van der Waals surface area contributed by atoms with E-state index in [1.165, 1.54) is 12.8 Å². The van der Waals surface area contributed by atoms with E-state index in [1.54, 1.807) is 42.6 Å². The molecule has 1 aliphatic rings. The highest BCUT2D eigenvalue weighted by atomic mass is 35.5. The minimum atomic E-state index is -3.68. The van der Waals surface area contributed by atoms with Gasteiger partial charge in [0.15, 0.2) is 11.7 Å². The molecular weight excluding hydrogens is 392 g/mol. The second kappa shape index (κ2) is 7.06. The van der Waals surface area contributed by atoms with Crippen molar-refractivity contribution in [1.29, 1.82) is 0 Å². The van der Waals surface area contributed by atoms with Crippen molar-refractivity contribution in [3.05, 3.63) is 53.5 Å². The molecular formula is C18H17ClN2O3S2. The molecule has 1 saturated carbocycles. The third-order valence-corrected chi connectivity index (χ3v) is 7.60. The Bertz CT molecular complexity index is 1020. The highest BCUT2D eigenvalue weighted by Gasteiger charge is 2.23. The van der Waals surface area contributed by atoms with Gasteiger partial charge < -0.3 is 4.42 Å². The zero-order chi connectivity index (χ0) is 18.1. The Morgan fingerprint density at radius 3 is 2.77 bits per heavy atom. The van der Waals surface area contributed by atoms with Crippen LogP contribution in [0.25, 0.3) is 10.6 Å². The van der Waals surface area contributed by atoms with Crippen molar-refractivity contribution >= 4 is 38.6 Å². The molecule has 1 aromatic carbocycles. The monoisotopic (exact) mass is 408 g/mol. The molecule has 8 heteroatoms. The number of aromatic nitrogens is 1. The molecule has 4 rings (SSSR count). The predicted molar refractivity (Wildman–Crippen MR) is 103 cm³/mol. The van der Waals surface area contributed by atoms with Crippen LogP contribution in [-0.2, 0) is 10.0 Å². The first-order valence-corrected chi connectivity index (χ1v) is 11.0. The van der Waals surface area contributed by atoms with E-state index in [0.717, 1.165) is 34.9 Å². The third kappa shape index (κ3) is 3.65. The van der Waals surface area contributed by atoms with Gasteiger partial charge in [0.2, 0.25) is 0 Å². The molecule has 0 amide bonds. The Labute approximate surface area is 161 Å². The van der Waals surface area contributed by atoms with Crippen LogP contribution in [0.5, 0.6) is 0 Å². The van der Waals surface area contributed by atoms with Gasteiger partial charge in [-0.05, 0) is 43.2 Å². The molecule has 0 atom stereocenters. The molecule has 0 spiro atoms. The first kappa shape index (κ1) is 17.6. The third-order valence-electron chi connectivity index (χ3n) is 4.39. The molecule has 136 valence electrons. The van der Waals surface area contributed by atoms with Gasteiger partial charge in [0.05, 0.1) is 16.8 Å². The van der Waals surface area contributed by atoms with Crippen LogP contribution in [0.3, 0.4) is 0 Å². The minimum absolute atomic E-state index is 0.214. The van der Waals surface area contributed by atoms with E-state index in [9.17, 15) is 8.42 Å². The smallest absolute Gasteiger partial charge is 0.271 e. The predicted octanol–water partition coefficient (Wildman–Crippen LogP) is 5.51. The average molecular weight is 409 g/mol. The van der Waals surface area contributed by atoms with Gasteiger partial charge in [-0.2, -0.15) is 0 Å². The van der Waals surface area contributed by atoms with E-state index in [0.29, 0.717) is 22.4 Å². The Hall–Kier alpha value is -1.83. The molecule has 5 nitrogen and oxygen atoms in total. The highest BCUT2D eigenvalue weighted by molar-refractivity contribution is 7.94. The van der Waals surface area contributed by atoms with Crippen LogP contribution in [0.1, 0.15) is 37.5 Å². The standard InChI is InChI=1S/C18H17ClN2O3S2/c19-13-6-3-7-14(10-13)21-26(22,23)17-9-8-16(25-17)15-11-20-18(24-15)12-4-1-2-5-12/h3,6-12,21H,1-2,4-5H2. The molecule has 1 N–H and O–H groups in total. The summed E-state index contributed by atoms with van der Waals surface area (Å²) in [5.41, 5.74) is 0.427. The molecule has 1 fully saturated rings. The van der Waals surface area contributed by atoms with Crippen LogP contribution in [0.2, 0.25) is 5.02 Å². The summed E-state index contributed by atoms with van der Waals surface area (Å²) in [6.07, 6.45) is 6.30. The van der Waals surface area contributed by atoms with Gasteiger partial charge >= 0.3 is 0 Å². The van der Waals surface area contributed by atoms with Crippen molar-refractivity contribution in [1.82, 2.24) is 4.98 Å². The maximum Gasteiger partial charge on any atom is 0.271 e. The lowest BCUT2D eigenvalue weighted by Gasteiger charge is -2.06. The number of benzene rings is 1. The van der Waals surface area contributed by atoms with E-state index >= 15 is 0 Å². The van der Waals surface area contributed by atoms with Gasteiger partial charge in [-0.15, -0.1) is 11.3 Å². The summed E-state index contributed by atoms with van der Waals surface area (Å²) in [5, 5.41) is 0.471. The zero-order valence-corrected chi connectivity index (χ0v) is 16.2. The molecule has 1 aliphatic carbocycles. The summed E-state index contributed by atoms with van der Waals surface area (Å²) >= 11 is 7.06. The number of nitrogens with zero attached hydrogens (tertiary/aromatic N) is 1. The van der Waals surface area contributed by atoms with Gasteiger partial charge in [0.1, 0.15) is 4.21 Å². The molecule has 2 aromatic heterocycles. The number of sulfonamides is 1. The van der Waals surface area contributed by atoms with Crippen LogP contribution in [0, 0.1) is 0 Å². The van der Waals surface area contributed by atoms with Gasteiger partial charge in [-0.3, -0.25) is 4.72 Å². The minimum Gasteiger partial charge on any atom is -0.440 e. The number of nitrogens with one attached hydrogen (secondary N) is 1. The quantitative estimate of drug-likeness (QED) is 0.603. The second-order valence-electron chi connectivity index (χ2n) is 6.28. The summed E-state index contributed by atoms with van der Waals surface area (Å²) < 4.78 is 33.8. The van der Waals surface area contributed by atoms with Gasteiger partial charge in [0, 0.05) is 10.9 Å². The van der Waals surface area contributed by atoms with Gasteiger partial charge in [-0.1, -0.05) is 30.5 Å². The Kier molecular flexibility index (Phi) is 4.77. The average Bonchev–Trinajstić information content (AvgIpc) is 3.34. The number of rotatable bonds is 5. The maximum atomic E-state index is 12.6. The summed E-state index contributed by atoms with van der Waals surface area (Å²) in [6, 6.07) is 9.93. The summed E-state index contributed by atoms with van der Waals surface area (Å²) in [5.74, 6) is 1.75. The normalized spacial score (nSPS) is 15.4. The summed E-state index contributed by atoms with van der Waals surface area (Å²) in [7, 11) is -3.68. The molecule has 26 heavy (non-hydrogen) atoms. The van der Waals surface area contributed by atoms with Crippen LogP contribution in [0.15, 0.2) is 51.2 Å². The molecule has 0 saturated heterocycles. The molecule has 0 bridgehead atoms. The summed E-state index contributed by atoms with van der Waals surface area (Å²) in [6.45, 7) is 0. The van der Waals surface area contributed by atoms with Crippen LogP contribution in [0.4, 0.5) is 5.69 Å². The van der Waals surface area contributed by atoms with Crippen molar-refractivity contribution in [2.75, 3.05) is 4.72 Å². The Morgan fingerprint density at radius 2 is 2.00 bits per heavy atom. The number of halogens is 1. The topological polar surface area (TPSA) is 72.2 Å².